The van der Waals surface area contributed by atoms with Gasteiger partial charge < -0.3 is 34.3 Å². The number of hydrogen-bond acceptors (Lipinski definition) is 11. The largest absolute Gasteiger partial charge is 0.462 e. The van der Waals surface area contributed by atoms with E-state index in [1.54, 1.807) is 0 Å². The minimum absolute atomic E-state index is 0.157. The van der Waals surface area contributed by atoms with Crippen molar-refractivity contribution in [1.82, 2.24) is 0 Å². The van der Waals surface area contributed by atoms with Gasteiger partial charge in [-0.05, 0) is 32.1 Å². The van der Waals surface area contributed by atoms with Crippen molar-refractivity contribution in [1.29, 1.82) is 0 Å². The molecule has 13 heteroatoms. The fraction of sp³-hybridized carbons (Fsp3) is 0.895. The van der Waals surface area contributed by atoms with Crippen molar-refractivity contribution in [2.75, 3.05) is 19.0 Å². The molecule has 0 bridgehead atoms. The summed E-state index contributed by atoms with van der Waals surface area (Å²) in [4.78, 5) is 25.2. The Balaban J connectivity index is 2.52. The molecule has 0 spiro atoms. The van der Waals surface area contributed by atoms with Gasteiger partial charge in [-0.3, -0.25) is 14.1 Å². The van der Waals surface area contributed by atoms with Gasteiger partial charge >= 0.3 is 11.9 Å². The van der Waals surface area contributed by atoms with Gasteiger partial charge in [0.25, 0.3) is 10.1 Å². The highest BCUT2D eigenvalue weighted by atomic mass is 32.2. The number of ether oxygens (including phenoxy) is 4. The Labute approximate surface area is 307 Å². The maximum absolute atomic E-state index is 12.7. The van der Waals surface area contributed by atoms with E-state index in [2.05, 4.69) is 26.0 Å². The first-order valence-corrected chi connectivity index (χ1v) is 21.4. The van der Waals surface area contributed by atoms with Crippen molar-refractivity contribution >= 4 is 22.1 Å². The molecule has 4 N–H and O–H groups in total. The van der Waals surface area contributed by atoms with E-state index in [1.165, 1.54) is 64.2 Å². The molecule has 1 aliphatic rings. The first-order valence-electron chi connectivity index (χ1n) is 19.7. The Bertz CT molecular complexity index is 1020. The fourth-order valence-corrected chi connectivity index (χ4v) is 6.64. The van der Waals surface area contributed by atoms with Crippen LogP contribution in [0.25, 0.3) is 0 Å². The Hall–Kier alpha value is -1.61. The lowest BCUT2D eigenvalue weighted by atomic mass is 10.00. The second-order valence-electron chi connectivity index (χ2n) is 14.0. The molecule has 0 radical (unpaired) electrons. The van der Waals surface area contributed by atoms with E-state index in [0.29, 0.717) is 12.8 Å². The van der Waals surface area contributed by atoms with Crippen LogP contribution in [0.2, 0.25) is 0 Å². The van der Waals surface area contributed by atoms with Gasteiger partial charge in [0.2, 0.25) is 0 Å². The van der Waals surface area contributed by atoms with Gasteiger partial charge in [0.1, 0.15) is 36.8 Å². The highest BCUT2D eigenvalue weighted by Gasteiger charge is 2.46. The van der Waals surface area contributed by atoms with Crippen LogP contribution in [0.1, 0.15) is 162 Å². The van der Waals surface area contributed by atoms with Crippen LogP contribution in [0, 0.1) is 0 Å². The van der Waals surface area contributed by atoms with Crippen molar-refractivity contribution in [3.63, 3.8) is 0 Å². The van der Waals surface area contributed by atoms with Crippen molar-refractivity contribution in [3.05, 3.63) is 12.2 Å². The Morgan fingerprint density at radius 1 is 0.647 bits per heavy atom. The Kier molecular flexibility index (Phi) is 27.7. The van der Waals surface area contributed by atoms with Gasteiger partial charge in [-0.2, -0.15) is 8.42 Å². The number of hydrogen-bond donors (Lipinski definition) is 4. The zero-order valence-corrected chi connectivity index (χ0v) is 32.3. The van der Waals surface area contributed by atoms with E-state index in [4.69, 9.17) is 18.9 Å². The number of carbonyl (C=O) groups excluding carboxylic acids is 2. The number of aliphatic hydroxyl groups excluding tert-OH is 3. The number of aliphatic hydroxyl groups is 3. The molecule has 1 rings (SSSR count). The molecule has 1 aliphatic heterocycles. The highest BCUT2D eigenvalue weighted by Crippen LogP contribution is 2.24. The third-order valence-electron chi connectivity index (χ3n) is 9.10. The normalized spacial score (nSPS) is 21.6. The third-order valence-corrected chi connectivity index (χ3v) is 9.85. The number of allylic oxidation sites excluding steroid dienone is 2. The molecule has 0 aliphatic carbocycles. The summed E-state index contributed by atoms with van der Waals surface area (Å²) in [5.41, 5.74) is 0. The van der Waals surface area contributed by atoms with Crippen LogP contribution in [0.15, 0.2) is 12.2 Å². The minimum atomic E-state index is -4.59. The van der Waals surface area contributed by atoms with Gasteiger partial charge in [-0.1, -0.05) is 129 Å². The summed E-state index contributed by atoms with van der Waals surface area (Å²) in [6, 6.07) is 0. The van der Waals surface area contributed by atoms with Crippen LogP contribution in [0.5, 0.6) is 0 Å². The molecule has 1 fully saturated rings. The molecule has 0 aromatic rings. The second-order valence-corrected chi connectivity index (χ2v) is 15.4. The number of rotatable bonds is 32. The predicted octanol–water partition coefficient (Wildman–Crippen LogP) is 6.72. The maximum Gasteiger partial charge on any atom is 0.306 e. The molecule has 1 saturated heterocycles. The summed E-state index contributed by atoms with van der Waals surface area (Å²) < 4.78 is 53.8. The van der Waals surface area contributed by atoms with Crippen molar-refractivity contribution in [2.45, 2.75) is 198 Å². The SMILES string of the molecule is CCCC/C=C/CCCCCCCC(=O)O[C@H](COC(=O)CCCCCCCCCCCCCC)CO[C@H]1O[C@H](CS(=O)(=O)O)[C@@H](O)C(O)C1O. The predicted molar refractivity (Wildman–Crippen MR) is 197 cm³/mol. The van der Waals surface area contributed by atoms with Crippen LogP contribution in [-0.4, -0.2) is 96.0 Å². The van der Waals surface area contributed by atoms with Gasteiger partial charge in [0.05, 0.1) is 6.61 Å². The fourth-order valence-electron chi connectivity index (χ4n) is 5.95. The molecule has 0 saturated carbocycles. The van der Waals surface area contributed by atoms with Gasteiger partial charge in [0, 0.05) is 12.8 Å². The molecule has 0 aromatic carbocycles. The van der Waals surface area contributed by atoms with Crippen molar-refractivity contribution < 1.29 is 56.8 Å². The van der Waals surface area contributed by atoms with Crippen LogP contribution >= 0.6 is 0 Å². The zero-order chi connectivity index (χ0) is 37.7. The molecule has 1 heterocycles. The molecule has 300 valence electrons. The van der Waals surface area contributed by atoms with E-state index in [0.717, 1.165) is 57.8 Å². The number of carbonyl (C=O) groups is 2. The summed E-state index contributed by atoms with van der Waals surface area (Å²) in [6.07, 6.45) is 18.5. The van der Waals surface area contributed by atoms with Gasteiger partial charge in [-0.15, -0.1) is 0 Å². The summed E-state index contributed by atoms with van der Waals surface area (Å²) in [5, 5.41) is 30.7. The lowest BCUT2D eigenvalue weighted by molar-refractivity contribution is -0.297. The van der Waals surface area contributed by atoms with E-state index in [1.807, 2.05) is 0 Å². The average molecular weight is 751 g/mol. The van der Waals surface area contributed by atoms with E-state index in [9.17, 15) is 37.9 Å². The topological polar surface area (TPSA) is 186 Å². The molecule has 6 atom stereocenters. The summed E-state index contributed by atoms with van der Waals surface area (Å²) >= 11 is 0. The molecule has 0 aromatic heterocycles. The van der Waals surface area contributed by atoms with E-state index < -0.39 is 71.2 Å². The monoisotopic (exact) mass is 750 g/mol. The third kappa shape index (κ3) is 25.1. The number of esters is 2. The first kappa shape index (κ1) is 47.4. The van der Waals surface area contributed by atoms with E-state index in [-0.39, 0.29) is 19.4 Å². The molecular formula is C38H70O12S. The Morgan fingerprint density at radius 3 is 1.69 bits per heavy atom. The average Bonchev–Trinajstić information content (AvgIpc) is 3.09. The van der Waals surface area contributed by atoms with Crippen LogP contribution < -0.4 is 0 Å². The van der Waals surface area contributed by atoms with E-state index >= 15 is 0 Å². The highest BCUT2D eigenvalue weighted by molar-refractivity contribution is 7.85. The van der Waals surface area contributed by atoms with Crippen LogP contribution in [0.4, 0.5) is 0 Å². The quantitative estimate of drug-likeness (QED) is 0.0247. The van der Waals surface area contributed by atoms with Crippen LogP contribution in [0.3, 0.4) is 0 Å². The lowest BCUT2D eigenvalue weighted by Gasteiger charge is -2.40. The maximum atomic E-state index is 12.7. The molecule has 12 nitrogen and oxygen atoms in total. The minimum Gasteiger partial charge on any atom is -0.462 e. The first-order chi connectivity index (χ1) is 24.5. The Morgan fingerprint density at radius 2 is 1.14 bits per heavy atom. The summed E-state index contributed by atoms with van der Waals surface area (Å²) in [6.45, 7) is 3.68. The standard InChI is InChI=1S/C38H70O12S/c1-3-5-7-9-11-13-15-17-18-20-22-24-26-33(39)47-28-31(49-34(40)27-25-23-21-19-16-14-12-10-8-6-4-2)29-48-38-37(43)36(42)35(41)32(50-38)30-51(44,45)46/h10,12,31-32,35-38,41-43H,3-9,11,13-30H2,1-2H3,(H,44,45,46)/b12-10+/t31-,32-,35-,36?,37?,38+/m1/s1. The molecule has 51 heavy (non-hydrogen) atoms. The van der Waals surface area contributed by atoms with Crippen molar-refractivity contribution in [3.8, 4) is 0 Å². The zero-order valence-electron chi connectivity index (χ0n) is 31.5. The lowest BCUT2D eigenvalue weighted by Crippen LogP contribution is -2.60. The summed E-state index contributed by atoms with van der Waals surface area (Å²) in [5.74, 6) is -1.99. The molecule has 0 amide bonds. The summed E-state index contributed by atoms with van der Waals surface area (Å²) in [7, 11) is -4.59. The van der Waals surface area contributed by atoms with Gasteiger partial charge in [0.15, 0.2) is 12.4 Å². The van der Waals surface area contributed by atoms with Crippen molar-refractivity contribution in [2.24, 2.45) is 0 Å². The van der Waals surface area contributed by atoms with Gasteiger partial charge in [-0.25, -0.2) is 0 Å². The molecule has 2 unspecified atom stereocenters. The number of unbranched alkanes of at least 4 members (excludes halogenated alkanes) is 18. The smallest absolute Gasteiger partial charge is 0.306 e. The molecular weight excluding hydrogens is 680 g/mol. The van der Waals surface area contributed by atoms with Crippen LogP contribution in [-0.2, 0) is 38.7 Å². The second kappa shape index (κ2) is 29.8.